The number of aryl methyl sites for hydroxylation is 1. The zero-order valence-electron chi connectivity index (χ0n) is 12.9. The summed E-state index contributed by atoms with van der Waals surface area (Å²) >= 11 is 0. The van der Waals surface area contributed by atoms with Gasteiger partial charge in [0.15, 0.2) is 5.96 Å². The smallest absolute Gasteiger partial charge is 0.271 e. The van der Waals surface area contributed by atoms with Gasteiger partial charge in [-0.25, -0.2) is 4.99 Å². The Bertz CT molecular complexity index is 826. The van der Waals surface area contributed by atoms with Crippen LogP contribution in [0.15, 0.2) is 52.4 Å². The molecule has 124 valence electrons. The lowest BCUT2D eigenvalue weighted by molar-refractivity contribution is -0.384. The zero-order valence-corrected chi connectivity index (χ0v) is 12.9. The van der Waals surface area contributed by atoms with Gasteiger partial charge in [-0.2, -0.15) is 4.99 Å². The summed E-state index contributed by atoms with van der Waals surface area (Å²) in [5.74, 6) is -0.460. The predicted molar refractivity (Wildman–Crippen MR) is 94.7 cm³/mol. The third kappa shape index (κ3) is 4.44. The number of nitrogens with one attached hydrogen (secondary N) is 1. The molecule has 0 saturated carbocycles. The van der Waals surface area contributed by atoms with E-state index in [9.17, 15) is 10.1 Å². The third-order valence-corrected chi connectivity index (χ3v) is 2.97. The molecule has 2 aromatic carbocycles. The van der Waals surface area contributed by atoms with Crippen LogP contribution in [0.25, 0.3) is 0 Å². The summed E-state index contributed by atoms with van der Waals surface area (Å²) in [5, 5.41) is 14.1. The van der Waals surface area contributed by atoms with Crippen LogP contribution in [-0.2, 0) is 0 Å². The number of rotatable bonds is 4. The summed E-state index contributed by atoms with van der Waals surface area (Å²) in [7, 11) is 0. The standard InChI is InChI=1S/C15H17N7O2/c1-9-3-2-4-10(7-9)19-12-6-5-11(22(23)24)8-13(12)20-15(18)21-14(16)17/h2-8,19H,1H3,(H6,16,17,18,20,21). The summed E-state index contributed by atoms with van der Waals surface area (Å²) in [6.07, 6.45) is 0. The molecular formula is C15H17N7O2. The average Bonchev–Trinajstić information content (AvgIpc) is 2.48. The van der Waals surface area contributed by atoms with E-state index >= 15 is 0 Å². The van der Waals surface area contributed by atoms with Gasteiger partial charge in [-0.05, 0) is 30.7 Å². The van der Waals surface area contributed by atoms with Gasteiger partial charge in [0.25, 0.3) is 5.69 Å². The van der Waals surface area contributed by atoms with E-state index in [4.69, 9.17) is 17.2 Å². The van der Waals surface area contributed by atoms with Crippen molar-refractivity contribution in [3.8, 4) is 0 Å². The number of aliphatic imine (C=N–C) groups is 2. The molecule has 7 N–H and O–H groups in total. The van der Waals surface area contributed by atoms with Gasteiger partial charge >= 0.3 is 0 Å². The van der Waals surface area contributed by atoms with Gasteiger partial charge in [-0.1, -0.05) is 12.1 Å². The van der Waals surface area contributed by atoms with Crippen molar-refractivity contribution < 1.29 is 4.92 Å². The van der Waals surface area contributed by atoms with Crippen LogP contribution in [0.3, 0.4) is 0 Å². The maximum Gasteiger partial charge on any atom is 0.271 e. The minimum absolute atomic E-state index is 0.124. The van der Waals surface area contributed by atoms with Crippen LogP contribution in [0.5, 0.6) is 0 Å². The van der Waals surface area contributed by atoms with E-state index in [1.807, 2.05) is 31.2 Å². The van der Waals surface area contributed by atoms with E-state index in [0.29, 0.717) is 5.69 Å². The van der Waals surface area contributed by atoms with Crippen molar-refractivity contribution in [2.45, 2.75) is 6.92 Å². The SMILES string of the molecule is Cc1cccc(Nc2ccc([N+](=O)[O-])cc2N=C(N)N=C(N)N)c1. The number of non-ortho nitro benzene ring substituents is 1. The van der Waals surface area contributed by atoms with Crippen molar-refractivity contribution in [2.24, 2.45) is 27.2 Å². The number of anilines is 2. The second-order valence-electron chi connectivity index (χ2n) is 4.96. The van der Waals surface area contributed by atoms with Crippen molar-refractivity contribution in [1.82, 2.24) is 0 Å². The zero-order chi connectivity index (χ0) is 17.7. The minimum Gasteiger partial charge on any atom is -0.370 e. The summed E-state index contributed by atoms with van der Waals surface area (Å²) in [5.41, 5.74) is 18.6. The van der Waals surface area contributed by atoms with Crippen LogP contribution in [-0.4, -0.2) is 16.8 Å². The fraction of sp³-hybridized carbons (Fsp3) is 0.0667. The number of nitro groups is 1. The highest BCUT2D eigenvalue weighted by molar-refractivity contribution is 5.94. The first kappa shape index (κ1) is 16.7. The van der Waals surface area contributed by atoms with Crippen LogP contribution in [0.4, 0.5) is 22.7 Å². The summed E-state index contributed by atoms with van der Waals surface area (Å²) < 4.78 is 0. The molecule has 0 aliphatic rings. The molecule has 2 aromatic rings. The summed E-state index contributed by atoms with van der Waals surface area (Å²) in [6, 6.07) is 11.8. The minimum atomic E-state index is -0.522. The molecule has 0 spiro atoms. The van der Waals surface area contributed by atoms with Gasteiger partial charge in [0.1, 0.15) is 0 Å². The maximum absolute atomic E-state index is 11.0. The number of nitrogens with two attached hydrogens (primary N) is 3. The molecule has 0 bridgehead atoms. The summed E-state index contributed by atoms with van der Waals surface area (Å²) in [4.78, 5) is 18.1. The normalized spacial score (nSPS) is 11.0. The highest BCUT2D eigenvalue weighted by atomic mass is 16.6. The lowest BCUT2D eigenvalue weighted by Gasteiger charge is -2.10. The second-order valence-corrected chi connectivity index (χ2v) is 4.96. The van der Waals surface area contributed by atoms with Gasteiger partial charge in [0.2, 0.25) is 5.96 Å². The topological polar surface area (TPSA) is 158 Å². The lowest BCUT2D eigenvalue weighted by atomic mass is 10.2. The molecule has 0 aliphatic heterocycles. The molecule has 0 radical (unpaired) electrons. The van der Waals surface area contributed by atoms with E-state index in [-0.39, 0.29) is 23.3 Å². The third-order valence-electron chi connectivity index (χ3n) is 2.97. The van der Waals surface area contributed by atoms with Crippen LogP contribution in [0, 0.1) is 17.0 Å². The fourth-order valence-corrected chi connectivity index (χ4v) is 1.99. The van der Waals surface area contributed by atoms with Crippen molar-refractivity contribution in [2.75, 3.05) is 5.32 Å². The van der Waals surface area contributed by atoms with Crippen molar-refractivity contribution in [1.29, 1.82) is 0 Å². The van der Waals surface area contributed by atoms with Crippen LogP contribution < -0.4 is 22.5 Å². The van der Waals surface area contributed by atoms with Gasteiger partial charge in [0.05, 0.1) is 16.3 Å². The molecule has 2 rings (SSSR count). The number of hydrogen-bond donors (Lipinski definition) is 4. The predicted octanol–water partition coefficient (Wildman–Crippen LogP) is 1.87. The molecule has 0 atom stereocenters. The molecular weight excluding hydrogens is 310 g/mol. The Balaban J connectivity index is 2.46. The first-order valence-electron chi connectivity index (χ1n) is 6.91. The molecule has 0 heterocycles. The van der Waals surface area contributed by atoms with Gasteiger partial charge in [0, 0.05) is 17.8 Å². The van der Waals surface area contributed by atoms with Crippen molar-refractivity contribution >= 4 is 34.7 Å². The number of hydrogen-bond acceptors (Lipinski definition) is 4. The van der Waals surface area contributed by atoms with Crippen LogP contribution in [0.1, 0.15) is 5.56 Å². The Morgan fingerprint density at radius 1 is 1.17 bits per heavy atom. The van der Waals surface area contributed by atoms with Crippen LogP contribution in [0.2, 0.25) is 0 Å². The molecule has 0 fully saturated rings. The highest BCUT2D eigenvalue weighted by Gasteiger charge is 2.11. The average molecular weight is 327 g/mol. The van der Waals surface area contributed by atoms with E-state index in [0.717, 1.165) is 11.3 Å². The molecule has 0 unspecified atom stereocenters. The second kappa shape index (κ2) is 7.09. The maximum atomic E-state index is 11.0. The van der Waals surface area contributed by atoms with E-state index in [2.05, 4.69) is 15.3 Å². The number of guanidine groups is 2. The lowest BCUT2D eigenvalue weighted by Crippen LogP contribution is -2.26. The largest absolute Gasteiger partial charge is 0.370 e. The molecule has 0 saturated heterocycles. The van der Waals surface area contributed by atoms with Crippen LogP contribution >= 0.6 is 0 Å². The Morgan fingerprint density at radius 2 is 1.92 bits per heavy atom. The molecule has 24 heavy (non-hydrogen) atoms. The first-order valence-corrected chi connectivity index (χ1v) is 6.91. The summed E-state index contributed by atoms with van der Waals surface area (Å²) in [6.45, 7) is 1.96. The van der Waals surface area contributed by atoms with E-state index in [1.54, 1.807) is 6.07 Å². The Labute approximate surface area is 138 Å². The molecule has 9 nitrogen and oxygen atoms in total. The van der Waals surface area contributed by atoms with Gasteiger partial charge in [-0.3, -0.25) is 10.1 Å². The molecule has 9 heteroatoms. The molecule has 0 aromatic heterocycles. The first-order chi connectivity index (χ1) is 11.3. The molecule has 0 amide bonds. The molecule has 0 aliphatic carbocycles. The Kier molecular flexibility index (Phi) is 4.95. The van der Waals surface area contributed by atoms with Gasteiger partial charge in [-0.15, -0.1) is 0 Å². The quantitative estimate of drug-likeness (QED) is 0.290. The van der Waals surface area contributed by atoms with E-state index in [1.165, 1.54) is 12.1 Å². The Hall–Kier alpha value is -3.62. The van der Waals surface area contributed by atoms with Crippen molar-refractivity contribution in [3.05, 3.63) is 58.1 Å². The highest BCUT2D eigenvalue weighted by Crippen LogP contribution is 2.32. The van der Waals surface area contributed by atoms with E-state index < -0.39 is 4.92 Å². The van der Waals surface area contributed by atoms with Gasteiger partial charge < -0.3 is 22.5 Å². The number of benzene rings is 2. The van der Waals surface area contributed by atoms with Crippen molar-refractivity contribution in [3.63, 3.8) is 0 Å². The monoisotopic (exact) mass is 327 g/mol. The number of nitrogens with zero attached hydrogens (tertiary/aromatic N) is 3. The number of nitro benzene ring substituents is 1. The fourth-order valence-electron chi connectivity index (χ4n) is 1.99. The Morgan fingerprint density at radius 3 is 2.54 bits per heavy atom.